The summed E-state index contributed by atoms with van der Waals surface area (Å²) in [6, 6.07) is -0.00574. The Kier molecular flexibility index (Phi) is 8.77. The van der Waals surface area contributed by atoms with E-state index in [2.05, 4.69) is 13.8 Å². The summed E-state index contributed by atoms with van der Waals surface area (Å²) in [6.45, 7) is 6.93. The van der Waals surface area contributed by atoms with Gasteiger partial charge in [0.15, 0.2) is 0 Å². The maximum Gasteiger partial charge on any atom is 0.225 e. The molecule has 0 saturated carbocycles. The van der Waals surface area contributed by atoms with Crippen LogP contribution in [0.3, 0.4) is 0 Å². The first-order valence-corrected chi connectivity index (χ1v) is 8.78. The van der Waals surface area contributed by atoms with E-state index in [1.54, 1.807) is 14.2 Å². The van der Waals surface area contributed by atoms with Crippen LogP contribution < -0.4 is 0 Å². The van der Waals surface area contributed by atoms with Gasteiger partial charge < -0.3 is 19.2 Å². The van der Waals surface area contributed by atoms with Crippen molar-refractivity contribution in [3.05, 3.63) is 0 Å². The number of hydrogen-bond acceptors (Lipinski definition) is 4. The highest BCUT2D eigenvalue weighted by atomic mass is 16.5. The molecule has 5 nitrogen and oxygen atoms in total. The number of likely N-dealkylation sites (tertiary alicyclic amines) is 1. The molecule has 134 valence electrons. The van der Waals surface area contributed by atoms with Gasteiger partial charge in [0, 0.05) is 26.7 Å². The predicted octanol–water partition coefficient (Wildman–Crippen LogP) is 2.67. The van der Waals surface area contributed by atoms with Gasteiger partial charge in [-0.05, 0) is 25.2 Å². The second kappa shape index (κ2) is 10.0. The molecular formula is C18H33NO4. The van der Waals surface area contributed by atoms with Crippen molar-refractivity contribution >= 4 is 12.2 Å². The van der Waals surface area contributed by atoms with Crippen LogP contribution in [-0.2, 0) is 19.1 Å². The Hall–Kier alpha value is -0.940. The third kappa shape index (κ3) is 5.57. The first kappa shape index (κ1) is 20.1. The standard InChI is InChI=1S/C18H33NO4/c1-6-13(2)10-15(22-4)11-17(21)19-9-7-8-16(19)18(23-5)14(3)12-20/h12-16,18H,6-11H2,1-5H3/t13-,14-,15-,16-,18+/m0/s1. The van der Waals surface area contributed by atoms with Crippen molar-refractivity contribution in [3.63, 3.8) is 0 Å². The van der Waals surface area contributed by atoms with E-state index in [0.29, 0.717) is 12.3 Å². The third-order valence-corrected chi connectivity index (χ3v) is 5.10. The van der Waals surface area contributed by atoms with Crippen LogP contribution in [0.4, 0.5) is 0 Å². The summed E-state index contributed by atoms with van der Waals surface area (Å²) in [5, 5.41) is 0. The van der Waals surface area contributed by atoms with Crippen molar-refractivity contribution in [1.82, 2.24) is 4.90 Å². The molecule has 1 fully saturated rings. The number of ether oxygens (including phenoxy) is 2. The second-order valence-electron chi connectivity index (χ2n) is 6.80. The molecule has 0 aromatic rings. The van der Waals surface area contributed by atoms with Gasteiger partial charge in [-0.15, -0.1) is 0 Å². The van der Waals surface area contributed by atoms with E-state index in [4.69, 9.17) is 9.47 Å². The number of rotatable bonds is 10. The average Bonchev–Trinajstić information content (AvgIpc) is 3.03. The molecule has 1 rings (SSSR count). The highest BCUT2D eigenvalue weighted by molar-refractivity contribution is 5.77. The lowest BCUT2D eigenvalue weighted by Crippen LogP contribution is -2.47. The van der Waals surface area contributed by atoms with E-state index in [-0.39, 0.29) is 30.1 Å². The zero-order valence-electron chi connectivity index (χ0n) is 15.3. The summed E-state index contributed by atoms with van der Waals surface area (Å²) in [6.07, 6.45) is 4.89. The Morgan fingerprint density at radius 1 is 1.30 bits per heavy atom. The predicted molar refractivity (Wildman–Crippen MR) is 90.2 cm³/mol. The minimum absolute atomic E-state index is 0.00574. The van der Waals surface area contributed by atoms with Gasteiger partial charge >= 0.3 is 0 Å². The zero-order chi connectivity index (χ0) is 17.4. The molecular weight excluding hydrogens is 294 g/mol. The first-order chi connectivity index (χ1) is 11.0. The quantitative estimate of drug-likeness (QED) is 0.579. The minimum Gasteiger partial charge on any atom is -0.381 e. The van der Waals surface area contributed by atoms with Crippen molar-refractivity contribution < 1.29 is 19.1 Å². The zero-order valence-corrected chi connectivity index (χ0v) is 15.3. The molecule has 1 heterocycles. The molecule has 0 aromatic carbocycles. The molecule has 0 spiro atoms. The highest BCUT2D eigenvalue weighted by Gasteiger charge is 2.37. The average molecular weight is 327 g/mol. The van der Waals surface area contributed by atoms with E-state index in [1.807, 2.05) is 11.8 Å². The first-order valence-electron chi connectivity index (χ1n) is 8.78. The SMILES string of the molecule is CC[C@H](C)C[C@@H](CC(=O)N1CCC[C@H]1[C@H](OC)[C@@H](C)C=O)OC. The van der Waals surface area contributed by atoms with E-state index >= 15 is 0 Å². The van der Waals surface area contributed by atoms with Gasteiger partial charge in [-0.3, -0.25) is 4.79 Å². The van der Waals surface area contributed by atoms with Crippen LogP contribution in [-0.4, -0.2) is 56.1 Å². The van der Waals surface area contributed by atoms with Gasteiger partial charge in [0.25, 0.3) is 0 Å². The molecule has 0 bridgehead atoms. The Bertz CT molecular complexity index is 374. The summed E-state index contributed by atoms with van der Waals surface area (Å²) in [4.78, 5) is 25.7. The smallest absolute Gasteiger partial charge is 0.225 e. The summed E-state index contributed by atoms with van der Waals surface area (Å²) >= 11 is 0. The fourth-order valence-electron chi connectivity index (χ4n) is 3.43. The Morgan fingerprint density at radius 3 is 2.52 bits per heavy atom. The second-order valence-corrected chi connectivity index (χ2v) is 6.80. The molecule has 0 radical (unpaired) electrons. The molecule has 5 atom stereocenters. The number of carbonyl (C=O) groups is 2. The number of methoxy groups -OCH3 is 2. The number of aldehydes is 1. The lowest BCUT2D eigenvalue weighted by atomic mass is 9.96. The number of hydrogen-bond donors (Lipinski definition) is 0. The van der Waals surface area contributed by atoms with Crippen LogP contribution in [0.15, 0.2) is 0 Å². The van der Waals surface area contributed by atoms with Gasteiger partial charge in [0.2, 0.25) is 5.91 Å². The van der Waals surface area contributed by atoms with Crippen molar-refractivity contribution in [2.75, 3.05) is 20.8 Å². The van der Waals surface area contributed by atoms with Crippen LogP contribution in [0.25, 0.3) is 0 Å². The maximum absolute atomic E-state index is 12.7. The summed E-state index contributed by atoms with van der Waals surface area (Å²) in [7, 11) is 3.29. The highest BCUT2D eigenvalue weighted by Crippen LogP contribution is 2.27. The van der Waals surface area contributed by atoms with Crippen molar-refractivity contribution in [2.24, 2.45) is 11.8 Å². The topological polar surface area (TPSA) is 55.8 Å². The van der Waals surface area contributed by atoms with E-state index in [9.17, 15) is 9.59 Å². The third-order valence-electron chi connectivity index (χ3n) is 5.10. The molecule has 1 amide bonds. The molecule has 1 saturated heterocycles. The summed E-state index contributed by atoms with van der Waals surface area (Å²) in [5.74, 6) is 0.448. The molecule has 0 N–H and O–H groups in total. The normalized spacial score (nSPS) is 23.3. The summed E-state index contributed by atoms with van der Waals surface area (Å²) in [5.41, 5.74) is 0. The number of nitrogens with zero attached hydrogens (tertiary/aromatic N) is 1. The van der Waals surface area contributed by atoms with E-state index in [1.165, 1.54) is 0 Å². The monoisotopic (exact) mass is 327 g/mol. The van der Waals surface area contributed by atoms with Crippen LogP contribution in [0, 0.1) is 11.8 Å². The van der Waals surface area contributed by atoms with Gasteiger partial charge in [-0.25, -0.2) is 0 Å². The Morgan fingerprint density at radius 2 is 2.00 bits per heavy atom. The number of carbonyl (C=O) groups excluding carboxylic acids is 2. The van der Waals surface area contributed by atoms with Gasteiger partial charge in [0.05, 0.1) is 24.7 Å². The fraction of sp³-hybridized carbons (Fsp3) is 0.889. The minimum atomic E-state index is -0.227. The van der Waals surface area contributed by atoms with Gasteiger partial charge in [-0.2, -0.15) is 0 Å². The molecule has 23 heavy (non-hydrogen) atoms. The van der Waals surface area contributed by atoms with Gasteiger partial charge in [0.1, 0.15) is 6.29 Å². The fourth-order valence-corrected chi connectivity index (χ4v) is 3.43. The maximum atomic E-state index is 12.7. The van der Waals surface area contributed by atoms with Crippen molar-refractivity contribution in [2.45, 2.75) is 71.1 Å². The Labute approximate surface area is 140 Å². The van der Waals surface area contributed by atoms with Gasteiger partial charge in [-0.1, -0.05) is 27.2 Å². The van der Waals surface area contributed by atoms with Crippen molar-refractivity contribution in [3.8, 4) is 0 Å². The van der Waals surface area contributed by atoms with Crippen LogP contribution >= 0.6 is 0 Å². The lowest BCUT2D eigenvalue weighted by molar-refractivity contribution is -0.139. The summed E-state index contributed by atoms with van der Waals surface area (Å²) < 4.78 is 11.0. The van der Waals surface area contributed by atoms with E-state index < -0.39 is 0 Å². The molecule has 0 aliphatic carbocycles. The molecule has 1 aliphatic rings. The lowest BCUT2D eigenvalue weighted by Gasteiger charge is -2.33. The molecule has 1 aliphatic heterocycles. The molecule has 0 aromatic heterocycles. The van der Waals surface area contributed by atoms with Crippen molar-refractivity contribution in [1.29, 1.82) is 0 Å². The number of amides is 1. The van der Waals surface area contributed by atoms with Crippen LogP contribution in [0.2, 0.25) is 0 Å². The largest absolute Gasteiger partial charge is 0.381 e. The van der Waals surface area contributed by atoms with Crippen LogP contribution in [0.5, 0.6) is 0 Å². The van der Waals surface area contributed by atoms with E-state index in [0.717, 1.165) is 38.5 Å². The Balaban J connectivity index is 2.70. The molecule has 5 heteroatoms. The van der Waals surface area contributed by atoms with Crippen LogP contribution in [0.1, 0.15) is 52.9 Å². The molecule has 0 unspecified atom stereocenters.